The predicted octanol–water partition coefficient (Wildman–Crippen LogP) is 7.10. The van der Waals surface area contributed by atoms with E-state index in [2.05, 4.69) is 13.0 Å². The maximum absolute atomic E-state index is 11.5. The molecule has 0 radical (unpaired) electrons. The minimum atomic E-state index is -1.57. The molecule has 0 unspecified atom stereocenters. The number of phenolic OH excluding ortho intramolecular Hbond substituents is 5. The summed E-state index contributed by atoms with van der Waals surface area (Å²) in [6, 6.07) is 19.4. The van der Waals surface area contributed by atoms with Crippen LogP contribution in [0.5, 0.6) is 40.2 Å². The molecule has 0 saturated heterocycles. The molecular formula is C34H26O8. The summed E-state index contributed by atoms with van der Waals surface area (Å²) < 4.78 is 19.5. The standard InChI is InChI=1S/C34H26O8/c1-16-8-23-22-6-4-21(37)15-30(22)41-34(25-7-5-19(35)13-26(25)38)33(23)24(9-16)32-27(39)10-18(12-31(32)42-34)28-11-17-2-3-20(36)14-29(17)40-28/h2-7,9-15,23-24,33,35-39H,8H2,1H3/t23-,24-,33-,34+/m1/s1. The molecule has 3 aliphatic rings. The van der Waals surface area contributed by atoms with Gasteiger partial charge >= 0.3 is 0 Å². The SMILES string of the molecule is CC1=C[C@@H]2c3c(O)cc(-c4cc5ccc(O)cc5o4)cc3O[C@]3(c4ccc(O)cc4O)Oc4cc(O)ccc4[C@@H](C1)[C@H]23. The zero-order chi connectivity index (χ0) is 28.9. The number of fused-ring (bicyclic) bond motifs is 5. The van der Waals surface area contributed by atoms with E-state index in [1.807, 2.05) is 12.1 Å². The van der Waals surface area contributed by atoms with E-state index in [4.69, 9.17) is 13.9 Å². The first-order valence-electron chi connectivity index (χ1n) is 13.7. The van der Waals surface area contributed by atoms with Crippen LogP contribution in [0.15, 0.2) is 88.9 Å². The van der Waals surface area contributed by atoms with Gasteiger partial charge in [-0.15, -0.1) is 0 Å². The molecule has 210 valence electrons. The maximum atomic E-state index is 11.5. The average Bonchev–Trinajstić information content (AvgIpc) is 3.35. The molecule has 1 aliphatic carbocycles. The van der Waals surface area contributed by atoms with E-state index in [0.717, 1.165) is 16.5 Å². The molecule has 2 aliphatic heterocycles. The topological polar surface area (TPSA) is 133 Å². The van der Waals surface area contributed by atoms with E-state index in [0.29, 0.717) is 46.0 Å². The van der Waals surface area contributed by atoms with Gasteiger partial charge in [0.1, 0.15) is 51.6 Å². The smallest absolute Gasteiger partial charge is 0.285 e. The highest BCUT2D eigenvalue weighted by Gasteiger charge is 2.61. The quantitative estimate of drug-likeness (QED) is 0.144. The lowest BCUT2D eigenvalue weighted by Crippen LogP contribution is -2.56. The van der Waals surface area contributed by atoms with Gasteiger partial charge in [0.15, 0.2) is 0 Å². The summed E-state index contributed by atoms with van der Waals surface area (Å²) in [5.74, 6) is -1.40. The number of rotatable bonds is 2. The van der Waals surface area contributed by atoms with Gasteiger partial charge in [-0.25, -0.2) is 0 Å². The Morgan fingerprint density at radius 3 is 2.31 bits per heavy atom. The van der Waals surface area contributed by atoms with Gasteiger partial charge in [0.25, 0.3) is 5.79 Å². The Morgan fingerprint density at radius 1 is 0.738 bits per heavy atom. The molecule has 42 heavy (non-hydrogen) atoms. The fraction of sp³-hybridized carbons (Fsp3) is 0.176. The van der Waals surface area contributed by atoms with Crippen molar-refractivity contribution in [3.05, 3.63) is 101 Å². The first kappa shape index (κ1) is 24.5. The van der Waals surface area contributed by atoms with Gasteiger partial charge < -0.3 is 39.4 Å². The number of aromatic hydroxyl groups is 5. The maximum Gasteiger partial charge on any atom is 0.285 e. The van der Waals surface area contributed by atoms with Crippen molar-refractivity contribution in [2.75, 3.05) is 0 Å². The normalized spacial score (nSPS) is 23.6. The molecule has 4 atom stereocenters. The Kier molecular flexibility index (Phi) is 4.90. The fourth-order valence-electron chi connectivity index (χ4n) is 7.11. The lowest BCUT2D eigenvalue weighted by Gasteiger charge is -2.55. The van der Waals surface area contributed by atoms with Gasteiger partial charge in [-0.05, 0) is 67.4 Å². The van der Waals surface area contributed by atoms with E-state index >= 15 is 0 Å². The number of allylic oxidation sites excluding steroid dienone is 2. The zero-order valence-electron chi connectivity index (χ0n) is 22.4. The summed E-state index contributed by atoms with van der Waals surface area (Å²) in [7, 11) is 0. The van der Waals surface area contributed by atoms with Crippen LogP contribution in [0.1, 0.15) is 41.9 Å². The molecule has 1 aromatic heterocycles. The van der Waals surface area contributed by atoms with Crippen molar-refractivity contribution in [3.8, 4) is 51.6 Å². The summed E-state index contributed by atoms with van der Waals surface area (Å²) in [5, 5.41) is 53.9. The molecule has 8 nitrogen and oxygen atoms in total. The van der Waals surface area contributed by atoms with Crippen molar-refractivity contribution >= 4 is 11.0 Å². The van der Waals surface area contributed by atoms with E-state index in [9.17, 15) is 25.5 Å². The molecule has 5 N–H and O–H groups in total. The Balaban J connectivity index is 1.38. The molecule has 0 saturated carbocycles. The van der Waals surface area contributed by atoms with Crippen LogP contribution in [0.2, 0.25) is 0 Å². The highest BCUT2D eigenvalue weighted by atomic mass is 16.7. The van der Waals surface area contributed by atoms with E-state index in [1.54, 1.807) is 42.5 Å². The first-order valence-corrected chi connectivity index (χ1v) is 13.7. The number of benzene rings is 4. The second-order valence-corrected chi connectivity index (χ2v) is 11.4. The number of hydrogen-bond acceptors (Lipinski definition) is 8. The van der Waals surface area contributed by atoms with E-state index in [-0.39, 0.29) is 40.6 Å². The number of furan rings is 1. The summed E-state index contributed by atoms with van der Waals surface area (Å²) in [6.45, 7) is 2.05. The van der Waals surface area contributed by atoms with Crippen molar-refractivity contribution in [2.24, 2.45) is 5.92 Å². The molecular weight excluding hydrogens is 536 g/mol. The lowest BCUT2D eigenvalue weighted by atomic mass is 9.61. The van der Waals surface area contributed by atoms with Crippen LogP contribution in [0.3, 0.4) is 0 Å². The second-order valence-electron chi connectivity index (χ2n) is 11.4. The second kappa shape index (κ2) is 8.39. The van der Waals surface area contributed by atoms with Crippen molar-refractivity contribution in [3.63, 3.8) is 0 Å². The molecule has 0 amide bonds. The summed E-state index contributed by atoms with van der Waals surface area (Å²) in [6.07, 6.45) is 2.80. The van der Waals surface area contributed by atoms with Crippen LogP contribution >= 0.6 is 0 Å². The molecule has 8 heteroatoms. The van der Waals surface area contributed by atoms with Crippen molar-refractivity contribution < 1.29 is 39.4 Å². The summed E-state index contributed by atoms with van der Waals surface area (Å²) in [5.41, 5.74) is 3.98. The van der Waals surface area contributed by atoms with Gasteiger partial charge in [-0.3, -0.25) is 0 Å². The molecule has 0 spiro atoms. The third-order valence-electron chi connectivity index (χ3n) is 8.78. The van der Waals surface area contributed by atoms with Crippen LogP contribution in [-0.2, 0) is 5.79 Å². The Bertz CT molecular complexity index is 1970. The predicted molar refractivity (Wildman–Crippen MR) is 153 cm³/mol. The van der Waals surface area contributed by atoms with Gasteiger partial charge in [-0.1, -0.05) is 17.7 Å². The van der Waals surface area contributed by atoms with Gasteiger partial charge in [0.2, 0.25) is 0 Å². The van der Waals surface area contributed by atoms with Crippen LogP contribution < -0.4 is 9.47 Å². The average molecular weight is 563 g/mol. The Hall–Kier alpha value is -5.24. The number of ether oxygens (including phenoxy) is 2. The summed E-state index contributed by atoms with van der Waals surface area (Å²) in [4.78, 5) is 0. The van der Waals surface area contributed by atoms with Crippen LogP contribution in [0.25, 0.3) is 22.3 Å². The molecule has 4 aromatic carbocycles. The number of hydrogen-bond donors (Lipinski definition) is 5. The first-order chi connectivity index (χ1) is 20.2. The minimum Gasteiger partial charge on any atom is -0.508 e. The summed E-state index contributed by atoms with van der Waals surface area (Å²) >= 11 is 0. The van der Waals surface area contributed by atoms with E-state index < -0.39 is 11.7 Å². The molecule has 5 aromatic rings. The number of phenols is 5. The van der Waals surface area contributed by atoms with Gasteiger partial charge in [0, 0.05) is 46.5 Å². The molecule has 3 heterocycles. The highest BCUT2D eigenvalue weighted by Crippen LogP contribution is 2.65. The zero-order valence-corrected chi connectivity index (χ0v) is 22.4. The van der Waals surface area contributed by atoms with Gasteiger partial charge in [-0.2, -0.15) is 0 Å². The Morgan fingerprint density at radius 2 is 1.48 bits per heavy atom. The van der Waals surface area contributed by atoms with E-state index in [1.165, 1.54) is 18.2 Å². The van der Waals surface area contributed by atoms with Crippen molar-refractivity contribution in [1.29, 1.82) is 0 Å². The highest BCUT2D eigenvalue weighted by molar-refractivity contribution is 5.84. The van der Waals surface area contributed by atoms with Crippen LogP contribution in [0, 0.1) is 5.92 Å². The lowest BCUT2D eigenvalue weighted by molar-refractivity contribution is -0.198. The van der Waals surface area contributed by atoms with Gasteiger partial charge in [0.05, 0.1) is 11.5 Å². The largest absolute Gasteiger partial charge is 0.508 e. The third kappa shape index (κ3) is 3.41. The van der Waals surface area contributed by atoms with Crippen molar-refractivity contribution in [1.82, 2.24) is 0 Å². The fourth-order valence-corrected chi connectivity index (χ4v) is 7.11. The van der Waals surface area contributed by atoms with Crippen molar-refractivity contribution in [2.45, 2.75) is 31.0 Å². The molecule has 0 fully saturated rings. The molecule has 0 bridgehead atoms. The van der Waals surface area contributed by atoms with Crippen LogP contribution in [0.4, 0.5) is 0 Å². The Labute approximate surface area is 239 Å². The molecule has 8 rings (SSSR count). The van der Waals surface area contributed by atoms with Crippen LogP contribution in [-0.4, -0.2) is 25.5 Å². The minimum absolute atomic E-state index is 0.0283. The monoisotopic (exact) mass is 562 g/mol. The third-order valence-corrected chi connectivity index (χ3v) is 8.78.